The van der Waals surface area contributed by atoms with E-state index in [2.05, 4.69) is 5.32 Å². The molecule has 14 heavy (non-hydrogen) atoms. The fourth-order valence-electron chi connectivity index (χ4n) is 2.30. The van der Waals surface area contributed by atoms with Crippen LogP contribution in [0.15, 0.2) is 0 Å². The summed E-state index contributed by atoms with van der Waals surface area (Å²) in [5, 5.41) is 3.20. The Morgan fingerprint density at radius 3 is 2.29 bits per heavy atom. The topological polar surface area (TPSA) is 32.3 Å². The summed E-state index contributed by atoms with van der Waals surface area (Å²) in [6, 6.07) is 0. The quantitative estimate of drug-likeness (QED) is 0.667. The van der Waals surface area contributed by atoms with Gasteiger partial charge in [-0.15, -0.1) is 0 Å². The molecule has 0 radical (unpaired) electrons. The maximum absolute atomic E-state index is 12.7. The van der Waals surface area contributed by atoms with Gasteiger partial charge in [-0.05, 0) is 11.8 Å². The predicted octanol–water partition coefficient (Wildman–Crippen LogP) is 0.319. The third-order valence-electron chi connectivity index (χ3n) is 3.05. The number of carbonyl (C=O) groups excluding carboxylic acids is 1. The molecular weight excluding hydrogens is 190 g/mol. The van der Waals surface area contributed by atoms with Crippen LogP contribution in [0.3, 0.4) is 0 Å². The fraction of sp³-hybridized carbons (Fsp3) is 0.889. The van der Waals surface area contributed by atoms with Gasteiger partial charge in [0.1, 0.15) is 0 Å². The first kappa shape index (κ1) is 9.83. The van der Waals surface area contributed by atoms with Gasteiger partial charge in [0.2, 0.25) is 0 Å². The zero-order chi connectivity index (χ0) is 10.3. The van der Waals surface area contributed by atoms with E-state index in [1.807, 2.05) is 0 Å². The van der Waals surface area contributed by atoms with E-state index in [0.717, 1.165) is 13.1 Å². The van der Waals surface area contributed by atoms with Crippen molar-refractivity contribution in [2.45, 2.75) is 12.8 Å². The first-order valence-corrected chi connectivity index (χ1v) is 4.86. The summed E-state index contributed by atoms with van der Waals surface area (Å²) in [4.78, 5) is 12.6. The van der Waals surface area contributed by atoms with Gasteiger partial charge >= 0.3 is 5.92 Å². The highest BCUT2D eigenvalue weighted by atomic mass is 19.3. The van der Waals surface area contributed by atoms with E-state index < -0.39 is 11.8 Å². The van der Waals surface area contributed by atoms with Crippen molar-refractivity contribution < 1.29 is 13.6 Å². The molecule has 5 heteroatoms. The van der Waals surface area contributed by atoms with Crippen molar-refractivity contribution in [2.24, 2.45) is 11.8 Å². The summed E-state index contributed by atoms with van der Waals surface area (Å²) in [7, 11) is 0. The van der Waals surface area contributed by atoms with Gasteiger partial charge in [0, 0.05) is 33.1 Å². The van der Waals surface area contributed by atoms with Crippen LogP contribution in [0.4, 0.5) is 8.78 Å². The van der Waals surface area contributed by atoms with Crippen molar-refractivity contribution in [1.82, 2.24) is 10.2 Å². The maximum atomic E-state index is 12.7. The van der Waals surface area contributed by atoms with Crippen molar-refractivity contribution in [2.75, 3.05) is 26.2 Å². The number of carbonyl (C=O) groups is 1. The first-order chi connectivity index (χ1) is 6.48. The summed E-state index contributed by atoms with van der Waals surface area (Å²) in [5.74, 6) is -3.49. The predicted molar refractivity (Wildman–Crippen MR) is 47.1 cm³/mol. The molecule has 0 aromatic heterocycles. The summed E-state index contributed by atoms with van der Waals surface area (Å²) >= 11 is 0. The molecule has 2 saturated heterocycles. The average molecular weight is 204 g/mol. The molecule has 1 amide bonds. The van der Waals surface area contributed by atoms with Crippen LogP contribution in [0.5, 0.6) is 0 Å². The number of fused-ring (bicyclic) bond motifs is 1. The van der Waals surface area contributed by atoms with Crippen molar-refractivity contribution >= 4 is 5.91 Å². The lowest BCUT2D eigenvalue weighted by molar-refractivity contribution is -0.154. The highest BCUT2D eigenvalue weighted by Gasteiger charge is 2.44. The summed E-state index contributed by atoms with van der Waals surface area (Å²) in [5.41, 5.74) is 0. The third kappa shape index (κ3) is 1.61. The molecule has 0 saturated carbocycles. The van der Waals surface area contributed by atoms with Crippen LogP contribution in [0.1, 0.15) is 6.92 Å². The second kappa shape index (κ2) is 3.15. The summed E-state index contributed by atoms with van der Waals surface area (Å²) in [6.45, 7) is 3.34. The molecule has 0 aromatic carbocycles. The molecule has 0 unspecified atom stereocenters. The van der Waals surface area contributed by atoms with Crippen LogP contribution in [-0.4, -0.2) is 42.9 Å². The second-order valence-electron chi connectivity index (χ2n) is 4.28. The van der Waals surface area contributed by atoms with E-state index >= 15 is 0 Å². The number of alkyl halides is 2. The Hall–Kier alpha value is -0.710. The van der Waals surface area contributed by atoms with Gasteiger partial charge in [0.25, 0.3) is 5.91 Å². The molecular formula is C9H14F2N2O. The highest BCUT2D eigenvalue weighted by Crippen LogP contribution is 2.29. The highest BCUT2D eigenvalue weighted by molar-refractivity contribution is 5.83. The van der Waals surface area contributed by atoms with Crippen LogP contribution >= 0.6 is 0 Å². The van der Waals surface area contributed by atoms with E-state index in [-0.39, 0.29) is 0 Å². The smallest absolute Gasteiger partial charge is 0.322 e. The lowest BCUT2D eigenvalue weighted by atomic mass is 10.0. The molecule has 2 aliphatic heterocycles. The zero-order valence-electron chi connectivity index (χ0n) is 8.09. The molecule has 2 fully saturated rings. The van der Waals surface area contributed by atoms with Gasteiger partial charge in [0.15, 0.2) is 0 Å². The van der Waals surface area contributed by atoms with Gasteiger partial charge in [-0.25, -0.2) is 0 Å². The van der Waals surface area contributed by atoms with Crippen molar-refractivity contribution in [3.63, 3.8) is 0 Å². The summed E-state index contributed by atoms with van der Waals surface area (Å²) in [6.07, 6.45) is 0. The minimum atomic E-state index is -3.22. The van der Waals surface area contributed by atoms with E-state index in [4.69, 9.17) is 0 Å². The molecule has 0 aliphatic carbocycles. The minimum Gasteiger partial charge on any atom is -0.337 e. The van der Waals surface area contributed by atoms with Crippen LogP contribution in [-0.2, 0) is 4.79 Å². The van der Waals surface area contributed by atoms with Gasteiger partial charge in [-0.2, -0.15) is 8.78 Å². The Kier molecular flexibility index (Phi) is 2.21. The SMILES string of the molecule is CC(F)(F)C(=O)N1C[C@H]2CNC[C@H]2C1. The standard InChI is InChI=1S/C9H14F2N2O/c1-9(10,11)8(14)13-4-6-2-12-3-7(6)5-13/h6-7,12H,2-5H2,1H3/t6-,7+. The fourth-order valence-corrected chi connectivity index (χ4v) is 2.30. The largest absolute Gasteiger partial charge is 0.337 e. The maximum Gasteiger partial charge on any atom is 0.322 e. The van der Waals surface area contributed by atoms with Crippen molar-refractivity contribution in [3.05, 3.63) is 0 Å². The van der Waals surface area contributed by atoms with Gasteiger partial charge in [-0.1, -0.05) is 0 Å². The molecule has 3 nitrogen and oxygen atoms in total. The van der Waals surface area contributed by atoms with Crippen molar-refractivity contribution in [3.8, 4) is 0 Å². The Morgan fingerprint density at radius 2 is 1.86 bits per heavy atom. The number of hydrogen-bond donors (Lipinski definition) is 1. The van der Waals surface area contributed by atoms with Crippen LogP contribution in [0.25, 0.3) is 0 Å². The van der Waals surface area contributed by atoms with Gasteiger partial charge in [-0.3, -0.25) is 4.79 Å². The number of halogens is 2. The van der Waals surface area contributed by atoms with E-state index in [1.165, 1.54) is 4.90 Å². The lowest BCUT2D eigenvalue weighted by Gasteiger charge is -2.21. The summed E-state index contributed by atoms with van der Waals surface area (Å²) < 4.78 is 25.5. The molecule has 0 bridgehead atoms. The Balaban J connectivity index is 1.99. The van der Waals surface area contributed by atoms with E-state index in [1.54, 1.807) is 0 Å². The number of amides is 1. The molecule has 2 atom stereocenters. The lowest BCUT2D eigenvalue weighted by Crippen LogP contribution is -2.41. The van der Waals surface area contributed by atoms with Crippen LogP contribution in [0.2, 0.25) is 0 Å². The molecule has 0 aromatic rings. The Bertz CT molecular complexity index is 240. The normalized spacial score (nSPS) is 32.1. The van der Waals surface area contributed by atoms with Crippen LogP contribution in [0, 0.1) is 11.8 Å². The molecule has 2 rings (SSSR count). The number of likely N-dealkylation sites (tertiary alicyclic amines) is 1. The van der Waals surface area contributed by atoms with E-state index in [0.29, 0.717) is 31.8 Å². The number of rotatable bonds is 1. The molecule has 0 spiro atoms. The first-order valence-electron chi connectivity index (χ1n) is 4.86. The monoisotopic (exact) mass is 204 g/mol. The number of nitrogens with zero attached hydrogens (tertiary/aromatic N) is 1. The molecule has 2 aliphatic rings. The molecule has 2 heterocycles. The zero-order valence-corrected chi connectivity index (χ0v) is 8.09. The second-order valence-corrected chi connectivity index (χ2v) is 4.28. The van der Waals surface area contributed by atoms with Crippen LogP contribution < -0.4 is 5.32 Å². The van der Waals surface area contributed by atoms with Crippen molar-refractivity contribution in [1.29, 1.82) is 0 Å². The number of hydrogen-bond acceptors (Lipinski definition) is 2. The van der Waals surface area contributed by atoms with Gasteiger partial charge in [0.05, 0.1) is 0 Å². The Labute approximate surface area is 81.4 Å². The minimum absolute atomic E-state index is 0.376. The Morgan fingerprint density at radius 1 is 1.36 bits per heavy atom. The van der Waals surface area contributed by atoms with Gasteiger partial charge < -0.3 is 10.2 Å². The number of nitrogens with one attached hydrogen (secondary N) is 1. The molecule has 80 valence electrons. The average Bonchev–Trinajstić information content (AvgIpc) is 2.58. The molecule has 1 N–H and O–H groups in total. The van der Waals surface area contributed by atoms with E-state index in [9.17, 15) is 13.6 Å². The third-order valence-corrected chi connectivity index (χ3v) is 3.05.